The molecule has 0 aliphatic heterocycles. The molecular formula is C29H32ClN3O4S. The van der Waals surface area contributed by atoms with E-state index in [4.69, 9.17) is 11.6 Å². The quantitative estimate of drug-likeness (QED) is 0.206. The zero-order valence-corrected chi connectivity index (χ0v) is 23.1. The Hall–Kier alpha value is -3.36. The molecule has 2 amide bonds. The molecule has 0 radical (unpaired) electrons. The molecule has 200 valence electrons. The molecule has 7 nitrogen and oxygen atoms in total. The van der Waals surface area contributed by atoms with Gasteiger partial charge >= 0.3 is 0 Å². The Balaban J connectivity index is 1.82. The van der Waals surface area contributed by atoms with Crippen molar-refractivity contribution in [1.29, 1.82) is 0 Å². The van der Waals surface area contributed by atoms with Crippen molar-refractivity contribution in [2.24, 2.45) is 0 Å². The molecule has 0 unspecified atom stereocenters. The number of amides is 2. The molecule has 0 aliphatic carbocycles. The summed E-state index contributed by atoms with van der Waals surface area (Å²) in [6.07, 6.45) is 1.16. The first-order chi connectivity index (χ1) is 18.3. The molecule has 0 aromatic heterocycles. The van der Waals surface area contributed by atoms with Crippen molar-refractivity contribution in [2.75, 3.05) is 5.75 Å². The highest BCUT2D eigenvalue weighted by molar-refractivity contribution is 7.99. The van der Waals surface area contributed by atoms with Gasteiger partial charge in [0, 0.05) is 41.9 Å². The maximum absolute atomic E-state index is 13.6. The van der Waals surface area contributed by atoms with E-state index in [2.05, 4.69) is 5.32 Å². The zero-order valence-electron chi connectivity index (χ0n) is 21.5. The molecule has 0 saturated carbocycles. The minimum absolute atomic E-state index is 0.0234. The van der Waals surface area contributed by atoms with E-state index in [1.54, 1.807) is 29.2 Å². The van der Waals surface area contributed by atoms with Gasteiger partial charge in [-0.05, 0) is 42.2 Å². The molecule has 0 spiro atoms. The first kappa shape index (κ1) is 29.2. The fourth-order valence-corrected chi connectivity index (χ4v) is 4.83. The average molecular weight is 554 g/mol. The number of thioether (sulfide) groups is 1. The number of nitrogens with one attached hydrogen (secondary N) is 1. The number of hydrogen-bond acceptors (Lipinski definition) is 5. The van der Waals surface area contributed by atoms with Crippen molar-refractivity contribution >= 4 is 40.9 Å². The molecule has 3 aromatic rings. The number of nitrogens with zero attached hydrogens (tertiary/aromatic N) is 2. The summed E-state index contributed by atoms with van der Waals surface area (Å²) < 4.78 is 0. The molecule has 0 aliphatic rings. The maximum atomic E-state index is 13.6. The van der Waals surface area contributed by atoms with E-state index >= 15 is 0 Å². The van der Waals surface area contributed by atoms with Crippen LogP contribution in [0.2, 0.25) is 5.02 Å². The predicted molar refractivity (Wildman–Crippen MR) is 153 cm³/mol. The van der Waals surface area contributed by atoms with Crippen LogP contribution in [0.25, 0.3) is 0 Å². The Morgan fingerprint density at radius 2 is 1.61 bits per heavy atom. The van der Waals surface area contributed by atoms with E-state index in [1.165, 1.54) is 23.9 Å². The van der Waals surface area contributed by atoms with Crippen LogP contribution < -0.4 is 5.32 Å². The van der Waals surface area contributed by atoms with Crippen molar-refractivity contribution in [3.8, 4) is 0 Å². The second-order valence-corrected chi connectivity index (χ2v) is 10.5. The zero-order chi connectivity index (χ0) is 27.5. The number of halogens is 1. The topological polar surface area (TPSA) is 92.6 Å². The fraction of sp³-hybridized carbons (Fsp3) is 0.310. The summed E-state index contributed by atoms with van der Waals surface area (Å²) in [5.41, 5.74) is 2.75. The summed E-state index contributed by atoms with van der Waals surface area (Å²) >= 11 is 7.48. The van der Waals surface area contributed by atoms with Gasteiger partial charge < -0.3 is 10.2 Å². The SMILES string of the molecule is CC[C@H](C)NC(=O)[C@H](Cc1ccccc1)N(Cc1ccc(Cl)cc1)C(=O)CSCc1ccc([N+](=O)[O-])cc1. The summed E-state index contributed by atoms with van der Waals surface area (Å²) in [5, 5.41) is 14.6. The Morgan fingerprint density at radius 1 is 0.974 bits per heavy atom. The maximum Gasteiger partial charge on any atom is 0.269 e. The Morgan fingerprint density at radius 3 is 2.21 bits per heavy atom. The number of nitro benzene ring substituents is 1. The van der Waals surface area contributed by atoms with Crippen LogP contribution in [0.1, 0.15) is 37.0 Å². The summed E-state index contributed by atoms with van der Waals surface area (Å²) in [7, 11) is 0. The van der Waals surface area contributed by atoms with Crippen molar-refractivity contribution in [3.63, 3.8) is 0 Å². The van der Waals surface area contributed by atoms with Gasteiger partial charge in [0.15, 0.2) is 0 Å². The fourth-order valence-electron chi connectivity index (χ4n) is 3.83. The van der Waals surface area contributed by atoms with Crippen LogP contribution >= 0.6 is 23.4 Å². The van der Waals surface area contributed by atoms with Gasteiger partial charge in [0.2, 0.25) is 11.8 Å². The molecule has 9 heteroatoms. The van der Waals surface area contributed by atoms with Crippen molar-refractivity contribution < 1.29 is 14.5 Å². The van der Waals surface area contributed by atoms with Gasteiger partial charge in [-0.25, -0.2) is 0 Å². The molecule has 0 bridgehead atoms. The van der Waals surface area contributed by atoms with Crippen molar-refractivity contribution in [1.82, 2.24) is 10.2 Å². The van der Waals surface area contributed by atoms with Gasteiger partial charge in [-0.1, -0.05) is 73.1 Å². The van der Waals surface area contributed by atoms with Gasteiger partial charge in [-0.2, -0.15) is 0 Å². The summed E-state index contributed by atoms with van der Waals surface area (Å²) in [5.74, 6) is 0.325. The van der Waals surface area contributed by atoms with Gasteiger partial charge in [0.1, 0.15) is 6.04 Å². The molecule has 0 fully saturated rings. The largest absolute Gasteiger partial charge is 0.352 e. The molecule has 2 atom stereocenters. The molecule has 0 saturated heterocycles. The average Bonchev–Trinajstić information content (AvgIpc) is 2.92. The number of carbonyl (C=O) groups is 2. The molecule has 38 heavy (non-hydrogen) atoms. The van der Waals surface area contributed by atoms with Gasteiger partial charge in [-0.15, -0.1) is 11.8 Å². The normalized spacial score (nSPS) is 12.4. The lowest BCUT2D eigenvalue weighted by Crippen LogP contribution is -2.52. The lowest BCUT2D eigenvalue weighted by Gasteiger charge is -2.32. The summed E-state index contributed by atoms with van der Waals surface area (Å²) in [4.78, 5) is 39.3. The number of carbonyl (C=O) groups excluding carboxylic acids is 2. The lowest BCUT2D eigenvalue weighted by atomic mass is 10.0. The number of benzene rings is 3. The van der Waals surface area contributed by atoms with Gasteiger partial charge in [0.25, 0.3) is 5.69 Å². The van der Waals surface area contributed by atoms with Crippen LogP contribution in [0.5, 0.6) is 0 Å². The van der Waals surface area contributed by atoms with E-state index < -0.39 is 11.0 Å². The molecule has 3 rings (SSSR count). The van der Waals surface area contributed by atoms with E-state index in [0.29, 0.717) is 17.2 Å². The van der Waals surface area contributed by atoms with E-state index in [1.807, 2.05) is 56.3 Å². The first-order valence-corrected chi connectivity index (χ1v) is 14.0. The number of rotatable bonds is 13. The second kappa shape index (κ2) is 14.5. The van der Waals surface area contributed by atoms with Crippen LogP contribution in [-0.2, 0) is 28.3 Å². The molecule has 0 heterocycles. The standard InChI is InChI=1S/C29H32ClN3O4S/c1-3-21(2)31-29(35)27(17-22-7-5-4-6-8-22)32(18-23-9-13-25(30)14-10-23)28(34)20-38-19-24-11-15-26(16-12-24)33(36)37/h4-16,21,27H,3,17-20H2,1-2H3,(H,31,35)/t21-,27-/m0/s1. The predicted octanol–water partition coefficient (Wildman–Crippen LogP) is 6.04. The van der Waals surface area contributed by atoms with E-state index in [9.17, 15) is 19.7 Å². The number of nitro groups is 1. The van der Waals surface area contributed by atoms with Crippen LogP contribution in [0.4, 0.5) is 5.69 Å². The molecular weight excluding hydrogens is 522 g/mol. The van der Waals surface area contributed by atoms with Crippen LogP contribution in [-0.4, -0.2) is 39.5 Å². The lowest BCUT2D eigenvalue weighted by molar-refractivity contribution is -0.384. The third-order valence-electron chi connectivity index (χ3n) is 6.18. The number of non-ortho nitro benzene ring substituents is 1. The van der Waals surface area contributed by atoms with Crippen molar-refractivity contribution in [3.05, 3.63) is 111 Å². The van der Waals surface area contributed by atoms with E-state index in [-0.39, 0.29) is 35.8 Å². The Bertz CT molecular complexity index is 1210. The highest BCUT2D eigenvalue weighted by Crippen LogP contribution is 2.21. The van der Waals surface area contributed by atoms with Crippen LogP contribution in [0, 0.1) is 10.1 Å². The summed E-state index contributed by atoms with van der Waals surface area (Å²) in [6.45, 7) is 4.21. The van der Waals surface area contributed by atoms with Gasteiger partial charge in [-0.3, -0.25) is 19.7 Å². The first-order valence-electron chi connectivity index (χ1n) is 12.5. The van der Waals surface area contributed by atoms with E-state index in [0.717, 1.165) is 23.1 Å². The summed E-state index contributed by atoms with van der Waals surface area (Å²) in [6, 6.07) is 22.5. The Kier molecular flexibility index (Phi) is 11.2. The van der Waals surface area contributed by atoms with Crippen LogP contribution in [0.15, 0.2) is 78.9 Å². The molecule has 3 aromatic carbocycles. The van der Waals surface area contributed by atoms with Gasteiger partial charge in [0.05, 0.1) is 10.7 Å². The minimum Gasteiger partial charge on any atom is -0.352 e. The minimum atomic E-state index is -0.699. The third kappa shape index (κ3) is 8.89. The highest BCUT2D eigenvalue weighted by Gasteiger charge is 2.30. The highest BCUT2D eigenvalue weighted by atomic mass is 35.5. The third-order valence-corrected chi connectivity index (χ3v) is 7.42. The monoisotopic (exact) mass is 553 g/mol. The molecule has 1 N–H and O–H groups in total. The number of hydrogen-bond donors (Lipinski definition) is 1. The second-order valence-electron chi connectivity index (χ2n) is 9.09. The van der Waals surface area contributed by atoms with Crippen molar-refractivity contribution in [2.45, 2.75) is 51.1 Å². The van der Waals surface area contributed by atoms with Crippen LogP contribution in [0.3, 0.4) is 0 Å². The smallest absolute Gasteiger partial charge is 0.269 e. The Labute approximate surface area is 232 Å².